The third kappa shape index (κ3) is 6.98. The van der Waals surface area contributed by atoms with Crippen LogP contribution in [0.4, 0.5) is 0 Å². The van der Waals surface area contributed by atoms with Crippen LogP contribution in [0.1, 0.15) is 28.3 Å². The van der Waals surface area contributed by atoms with Gasteiger partial charge in [-0.3, -0.25) is 0 Å². The Kier molecular flexibility index (Phi) is 10.2. The lowest BCUT2D eigenvalue weighted by atomic mass is 9.86. The molecule has 12 aromatic carbocycles. The summed E-state index contributed by atoms with van der Waals surface area (Å²) in [5.74, 6) is 0.233. The molecule has 1 aliphatic rings. The lowest BCUT2D eigenvalue weighted by Crippen LogP contribution is -2.03. The van der Waals surface area contributed by atoms with Crippen molar-refractivity contribution in [2.75, 3.05) is 0 Å². The SMILES string of the molecule is C1=Cc2c(sc3c(-c4ccccc4)cccc23)C(c2ccc3c4ccc(-c5cccc6c5sc5c(-c7ccccc7)cccc56)cc4n(-c4ccc(-c5c6ccccc6c(-c6ccccc6)c6ccccc56)cc4)c3c2)C1. The molecule has 1 aliphatic carbocycles. The smallest absolute Gasteiger partial charge is 0.0547 e. The maximum Gasteiger partial charge on any atom is 0.0547 e. The van der Waals surface area contributed by atoms with Crippen LogP contribution in [0.5, 0.6) is 0 Å². The number of fused-ring (bicyclic) bond motifs is 11. The monoisotopic (exact) mass is 1010 g/mol. The minimum absolute atomic E-state index is 0.233. The summed E-state index contributed by atoms with van der Waals surface area (Å²) in [6, 6.07) is 95.0. The highest BCUT2D eigenvalue weighted by molar-refractivity contribution is 7.27. The number of allylic oxidation sites excluding steroid dienone is 1. The Morgan fingerprint density at radius 3 is 1.34 bits per heavy atom. The first kappa shape index (κ1) is 44.2. The molecule has 0 bridgehead atoms. The molecule has 0 fully saturated rings. The van der Waals surface area contributed by atoms with Crippen molar-refractivity contribution in [2.45, 2.75) is 12.3 Å². The molecule has 0 saturated carbocycles. The standard InChI is InChI=1S/C74H47NS2/c1-4-18-46(19-5-1)53-28-14-32-63-65-34-16-30-55(73(65)76-71(53)63)50-38-42-57-58-43-39-51(56-31-17-35-66-64-33-15-29-54(72(64)77-74(56)66)47-20-6-2-7-21-47)45-68(58)75(67(57)44-50)52-40-36-49(37-41-52)70-61-26-12-10-24-59(61)69(48-22-8-3-9-23-48)60-25-11-13-27-62(60)70/h1-30,32-45,56H,31H2. The number of nitrogens with zero attached hydrogens (tertiary/aromatic N) is 1. The first-order chi connectivity index (χ1) is 38.2. The van der Waals surface area contributed by atoms with E-state index in [0.29, 0.717) is 0 Å². The molecule has 1 unspecified atom stereocenters. The van der Waals surface area contributed by atoms with E-state index < -0.39 is 0 Å². The van der Waals surface area contributed by atoms with Crippen LogP contribution < -0.4 is 0 Å². The molecule has 15 aromatic rings. The highest BCUT2D eigenvalue weighted by atomic mass is 32.1. The first-order valence-corrected chi connectivity index (χ1v) is 28.3. The summed E-state index contributed by atoms with van der Waals surface area (Å²) < 4.78 is 6.56. The Balaban J connectivity index is 0.896. The number of hydrogen-bond acceptors (Lipinski definition) is 2. The van der Waals surface area contributed by atoms with Crippen molar-refractivity contribution in [2.24, 2.45) is 0 Å². The van der Waals surface area contributed by atoms with Gasteiger partial charge in [-0.2, -0.15) is 0 Å². The molecule has 1 atom stereocenters. The van der Waals surface area contributed by atoms with Crippen LogP contribution in [0, 0.1) is 0 Å². The summed E-state index contributed by atoms with van der Waals surface area (Å²) in [5.41, 5.74) is 18.8. The summed E-state index contributed by atoms with van der Waals surface area (Å²) in [5, 5.41) is 11.5. The van der Waals surface area contributed by atoms with E-state index in [1.165, 1.54) is 145 Å². The van der Waals surface area contributed by atoms with E-state index >= 15 is 0 Å². The van der Waals surface area contributed by atoms with E-state index in [0.717, 1.165) is 12.1 Å². The predicted molar refractivity (Wildman–Crippen MR) is 333 cm³/mol. The highest BCUT2D eigenvalue weighted by Crippen LogP contribution is 2.50. The van der Waals surface area contributed by atoms with Gasteiger partial charge in [0.25, 0.3) is 0 Å². The van der Waals surface area contributed by atoms with Crippen LogP contribution in [-0.2, 0) is 0 Å². The molecule has 3 heteroatoms. The van der Waals surface area contributed by atoms with Crippen LogP contribution in [0.2, 0.25) is 0 Å². The molecular formula is C74H47NS2. The van der Waals surface area contributed by atoms with E-state index in [-0.39, 0.29) is 5.92 Å². The van der Waals surface area contributed by atoms with Gasteiger partial charge in [-0.25, -0.2) is 0 Å². The normalized spacial score (nSPS) is 13.5. The average Bonchev–Trinajstić information content (AvgIpc) is 4.25. The Hall–Kier alpha value is -9.12. The van der Waals surface area contributed by atoms with Gasteiger partial charge in [0, 0.05) is 57.5 Å². The Morgan fingerprint density at radius 1 is 0.325 bits per heavy atom. The fourth-order valence-electron chi connectivity index (χ4n) is 12.9. The zero-order valence-electron chi connectivity index (χ0n) is 42.0. The van der Waals surface area contributed by atoms with Crippen LogP contribution in [0.3, 0.4) is 0 Å². The van der Waals surface area contributed by atoms with E-state index in [4.69, 9.17) is 0 Å². The van der Waals surface area contributed by atoms with Gasteiger partial charge < -0.3 is 4.57 Å². The number of benzene rings is 12. The third-order valence-electron chi connectivity index (χ3n) is 16.4. The van der Waals surface area contributed by atoms with Crippen LogP contribution in [0.25, 0.3) is 141 Å². The molecular weight excluding hydrogens is 967 g/mol. The molecule has 360 valence electrons. The fraction of sp³-hybridized carbons (Fsp3) is 0.0270. The average molecular weight is 1010 g/mol. The summed E-state index contributed by atoms with van der Waals surface area (Å²) >= 11 is 3.90. The van der Waals surface area contributed by atoms with Crippen molar-refractivity contribution < 1.29 is 0 Å². The maximum atomic E-state index is 2.55. The molecule has 0 N–H and O–H groups in total. The first-order valence-electron chi connectivity index (χ1n) is 26.7. The molecule has 0 spiro atoms. The molecule has 0 saturated heterocycles. The zero-order chi connectivity index (χ0) is 50.6. The number of hydrogen-bond donors (Lipinski definition) is 0. The van der Waals surface area contributed by atoms with E-state index in [1.54, 1.807) is 0 Å². The van der Waals surface area contributed by atoms with E-state index in [2.05, 4.69) is 272 Å². The minimum Gasteiger partial charge on any atom is -0.309 e. The molecule has 3 aromatic heterocycles. The topological polar surface area (TPSA) is 4.93 Å². The molecule has 0 amide bonds. The van der Waals surface area contributed by atoms with Crippen LogP contribution >= 0.6 is 22.7 Å². The Labute approximate surface area is 454 Å². The van der Waals surface area contributed by atoms with Gasteiger partial charge in [-0.15, -0.1) is 22.7 Å². The van der Waals surface area contributed by atoms with Crippen molar-refractivity contribution in [3.05, 3.63) is 277 Å². The largest absolute Gasteiger partial charge is 0.309 e. The van der Waals surface area contributed by atoms with Crippen molar-refractivity contribution in [3.63, 3.8) is 0 Å². The number of thiophene rings is 2. The molecule has 3 heterocycles. The third-order valence-corrected chi connectivity index (χ3v) is 19.0. The Bertz CT molecular complexity index is 4810. The van der Waals surface area contributed by atoms with Gasteiger partial charge in [0.2, 0.25) is 0 Å². The van der Waals surface area contributed by atoms with Crippen LogP contribution in [0.15, 0.2) is 261 Å². The minimum atomic E-state index is 0.233. The molecule has 0 radical (unpaired) electrons. The maximum absolute atomic E-state index is 2.55. The molecule has 77 heavy (non-hydrogen) atoms. The number of aromatic nitrogens is 1. The Morgan fingerprint density at radius 2 is 0.766 bits per heavy atom. The van der Waals surface area contributed by atoms with Crippen LogP contribution in [-0.4, -0.2) is 4.57 Å². The van der Waals surface area contributed by atoms with Gasteiger partial charge in [0.05, 0.1) is 11.0 Å². The summed E-state index contributed by atoms with van der Waals surface area (Å²) in [4.78, 5) is 1.45. The fourth-order valence-corrected chi connectivity index (χ4v) is 15.7. The summed E-state index contributed by atoms with van der Waals surface area (Å²) in [7, 11) is 0. The zero-order valence-corrected chi connectivity index (χ0v) is 43.6. The lowest BCUT2D eigenvalue weighted by molar-refractivity contribution is 0.841. The predicted octanol–water partition coefficient (Wildman–Crippen LogP) is 21.6. The van der Waals surface area contributed by atoms with Crippen molar-refractivity contribution in [1.29, 1.82) is 0 Å². The molecule has 0 aliphatic heterocycles. The van der Waals surface area contributed by atoms with Gasteiger partial charge in [-0.1, -0.05) is 243 Å². The quantitative estimate of drug-likeness (QED) is 0.140. The number of rotatable bonds is 7. The lowest BCUT2D eigenvalue weighted by Gasteiger charge is -2.20. The summed E-state index contributed by atoms with van der Waals surface area (Å²) in [6.07, 6.45) is 5.73. The van der Waals surface area contributed by atoms with E-state index in [1.807, 2.05) is 22.7 Å². The second kappa shape index (κ2) is 17.7. The van der Waals surface area contributed by atoms with Gasteiger partial charge in [-0.05, 0) is 119 Å². The highest BCUT2D eigenvalue weighted by Gasteiger charge is 2.27. The van der Waals surface area contributed by atoms with Crippen molar-refractivity contribution in [3.8, 4) is 61.3 Å². The molecule has 1 nitrogen and oxygen atoms in total. The summed E-state index contributed by atoms with van der Waals surface area (Å²) in [6.45, 7) is 0. The van der Waals surface area contributed by atoms with Gasteiger partial charge >= 0.3 is 0 Å². The second-order valence-corrected chi connectivity index (χ2v) is 22.6. The van der Waals surface area contributed by atoms with Gasteiger partial charge in [0.1, 0.15) is 0 Å². The molecule has 16 rings (SSSR count). The van der Waals surface area contributed by atoms with E-state index in [9.17, 15) is 0 Å². The van der Waals surface area contributed by atoms with Gasteiger partial charge in [0.15, 0.2) is 0 Å². The van der Waals surface area contributed by atoms with Crippen molar-refractivity contribution in [1.82, 2.24) is 4.57 Å². The van der Waals surface area contributed by atoms with Crippen molar-refractivity contribution >= 4 is 102 Å². The second-order valence-electron chi connectivity index (χ2n) is 20.5.